The fourth-order valence-electron chi connectivity index (χ4n) is 1.93. The molecule has 1 saturated heterocycles. The third kappa shape index (κ3) is 2.66. The van der Waals surface area contributed by atoms with Crippen LogP contribution >= 0.6 is 0 Å². The average Bonchev–Trinajstić information content (AvgIpc) is 2.29. The number of alkyl halides is 3. The second-order valence-electron chi connectivity index (χ2n) is 3.98. The Kier molecular flexibility index (Phi) is 3.19. The largest absolute Gasteiger partial charge is 0.433 e. The van der Waals surface area contributed by atoms with E-state index in [9.17, 15) is 18.0 Å². The van der Waals surface area contributed by atoms with Gasteiger partial charge in [-0.3, -0.25) is 4.57 Å². The number of hydrogen-bond acceptors (Lipinski definition) is 3. The van der Waals surface area contributed by atoms with Crippen LogP contribution in [0.5, 0.6) is 0 Å². The number of piperidine rings is 1. The maximum atomic E-state index is 12.3. The summed E-state index contributed by atoms with van der Waals surface area (Å²) >= 11 is 0. The number of rotatable bonds is 1. The molecule has 0 amide bonds. The van der Waals surface area contributed by atoms with Crippen molar-refractivity contribution < 1.29 is 13.2 Å². The van der Waals surface area contributed by atoms with Crippen LogP contribution in [-0.2, 0) is 6.18 Å². The van der Waals surface area contributed by atoms with Gasteiger partial charge in [-0.15, -0.1) is 0 Å². The van der Waals surface area contributed by atoms with E-state index < -0.39 is 17.6 Å². The zero-order valence-electron chi connectivity index (χ0n) is 9.00. The van der Waals surface area contributed by atoms with Gasteiger partial charge >= 0.3 is 11.9 Å². The molecular formula is C10H12F3N3O. The van der Waals surface area contributed by atoms with Gasteiger partial charge < -0.3 is 5.32 Å². The van der Waals surface area contributed by atoms with Crippen LogP contribution in [0.2, 0.25) is 0 Å². The van der Waals surface area contributed by atoms with E-state index in [2.05, 4.69) is 10.3 Å². The van der Waals surface area contributed by atoms with Crippen molar-refractivity contribution in [2.24, 2.45) is 0 Å². The molecule has 0 saturated carbocycles. The minimum Gasteiger partial charge on any atom is -0.317 e. The lowest BCUT2D eigenvalue weighted by Gasteiger charge is -2.24. The van der Waals surface area contributed by atoms with E-state index in [1.165, 1.54) is 10.8 Å². The molecule has 0 atom stereocenters. The molecule has 2 heterocycles. The molecule has 1 aliphatic rings. The zero-order valence-corrected chi connectivity index (χ0v) is 9.00. The van der Waals surface area contributed by atoms with Crippen molar-refractivity contribution in [1.29, 1.82) is 0 Å². The zero-order chi connectivity index (χ0) is 12.5. The minimum atomic E-state index is -4.56. The summed E-state index contributed by atoms with van der Waals surface area (Å²) in [6.45, 7) is 1.52. The van der Waals surface area contributed by atoms with Crippen molar-refractivity contribution in [3.05, 3.63) is 28.4 Å². The van der Waals surface area contributed by atoms with E-state index in [-0.39, 0.29) is 6.04 Å². The van der Waals surface area contributed by atoms with Crippen LogP contribution in [0.25, 0.3) is 0 Å². The van der Waals surface area contributed by atoms with Gasteiger partial charge in [-0.2, -0.15) is 18.2 Å². The normalized spacial score (nSPS) is 18.3. The number of nitrogens with zero attached hydrogens (tertiary/aromatic N) is 2. The summed E-state index contributed by atoms with van der Waals surface area (Å²) in [6.07, 6.45) is -1.92. The molecule has 7 heteroatoms. The highest BCUT2D eigenvalue weighted by Crippen LogP contribution is 2.26. The highest BCUT2D eigenvalue weighted by atomic mass is 19.4. The Hall–Kier alpha value is -1.37. The van der Waals surface area contributed by atoms with Crippen molar-refractivity contribution in [2.75, 3.05) is 13.1 Å². The van der Waals surface area contributed by atoms with Gasteiger partial charge in [0.15, 0.2) is 5.69 Å². The van der Waals surface area contributed by atoms with E-state index in [0.717, 1.165) is 32.0 Å². The quantitative estimate of drug-likeness (QED) is 0.810. The Bertz CT molecular complexity index is 449. The van der Waals surface area contributed by atoms with Gasteiger partial charge in [0.2, 0.25) is 0 Å². The van der Waals surface area contributed by atoms with Gasteiger partial charge in [0, 0.05) is 12.2 Å². The average molecular weight is 247 g/mol. The van der Waals surface area contributed by atoms with E-state index in [1.807, 2.05) is 0 Å². The lowest BCUT2D eigenvalue weighted by molar-refractivity contribution is -0.141. The molecule has 1 aromatic heterocycles. The smallest absolute Gasteiger partial charge is 0.317 e. The lowest BCUT2D eigenvalue weighted by Crippen LogP contribution is -2.35. The second kappa shape index (κ2) is 4.48. The van der Waals surface area contributed by atoms with Gasteiger partial charge in [-0.1, -0.05) is 0 Å². The third-order valence-electron chi connectivity index (χ3n) is 2.82. The van der Waals surface area contributed by atoms with Gasteiger partial charge in [0.1, 0.15) is 0 Å². The standard InChI is InChI=1S/C10H12F3N3O/c11-10(12,13)8-3-6-16(9(17)15-8)7-1-4-14-5-2-7/h3,6-7,14H,1-2,4-5H2. The van der Waals surface area contributed by atoms with Crippen LogP contribution in [0, 0.1) is 0 Å². The maximum Gasteiger partial charge on any atom is 0.433 e. The summed E-state index contributed by atoms with van der Waals surface area (Å²) in [5.74, 6) is 0. The molecule has 0 unspecified atom stereocenters. The van der Waals surface area contributed by atoms with E-state index in [4.69, 9.17) is 0 Å². The predicted molar refractivity (Wildman–Crippen MR) is 54.6 cm³/mol. The summed E-state index contributed by atoms with van der Waals surface area (Å²) in [6, 6.07) is 0.794. The molecule has 17 heavy (non-hydrogen) atoms. The first kappa shape index (κ1) is 12.1. The Morgan fingerprint density at radius 1 is 1.35 bits per heavy atom. The molecule has 94 valence electrons. The first-order chi connectivity index (χ1) is 7.98. The molecule has 1 fully saturated rings. The molecule has 0 spiro atoms. The molecule has 0 aliphatic carbocycles. The fraction of sp³-hybridized carbons (Fsp3) is 0.600. The van der Waals surface area contributed by atoms with Crippen LogP contribution in [0.4, 0.5) is 13.2 Å². The molecule has 0 aromatic carbocycles. The SMILES string of the molecule is O=c1nc(C(F)(F)F)ccn1C1CCNCC1. The Morgan fingerprint density at radius 3 is 2.53 bits per heavy atom. The summed E-state index contributed by atoms with van der Waals surface area (Å²) in [5.41, 5.74) is -1.96. The highest BCUT2D eigenvalue weighted by Gasteiger charge is 2.33. The number of nitrogens with one attached hydrogen (secondary N) is 1. The van der Waals surface area contributed by atoms with Crippen molar-refractivity contribution >= 4 is 0 Å². The van der Waals surface area contributed by atoms with Gasteiger partial charge in [-0.25, -0.2) is 4.79 Å². The Balaban J connectivity index is 2.28. The minimum absolute atomic E-state index is 0.0569. The van der Waals surface area contributed by atoms with E-state index in [0.29, 0.717) is 0 Å². The van der Waals surface area contributed by atoms with Crippen LogP contribution < -0.4 is 11.0 Å². The molecule has 4 nitrogen and oxygen atoms in total. The Labute approximate surface area is 95.5 Å². The number of hydrogen-bond donors (Lipinski definition) is 1. The predicted octanol–water partition coefficient (Wildman–Crippen LogP) is 1.19. The Morgan fingerprint density at radius 2 is 2.00 bits per heavy atom. The molecule has 1 N–H and O–H groups in total. The lowest BCUT2D eigenvalue weighted by atomic mass is 10.1. The van der Waals surface area contributed by atoms with Crippen LogP contribution in [0.3, 0.4) is 0 Å². The first-order valence-corrected chi connectivity index (χ1v) is 5.35. The number of halogens is 3. The van der Waals surface area contributed by atoms with Crippen LogP contribution in [0.1, 0.15) is 24.6 Å². The van der Waals surface area contributed by atoms with Gasteiger partial charge in [0.05, 0.1) is 0 Å². The summed E-state index contributed by atoms with van der Waals surface area (Å²) in [4.78, 5) is 14.6. The third-order valence-corrected chi connectivity index (χ3v) is 2.82. The van der Waals surface area contributed by atoms with Crippen molar-refractivity contribution in [2.45, 2.75) is 25.1 Å². The molecule has 0 radical (unpaired) electrons. The number of aromatic nitrogens is 2. The molecule has 1 aromatic rings. The summed E-state index contributed by atoms with van der Waals surface area (Å²) in [7, 11) is 0. The van der Waals surface area contributed by atoms with E-state index in [1.54, 1.807) is 0 Å². The molecular weight excluding hydrogens is 235 g/mol. The molecule has 2 rings (SSSR count). The van der Waals surface area contributed by atoms with Crippen molar-refractivity contribution in [1.82, 2.24) is 14.9 Å². The topological polar surface area (TPSA) is 46.9 Å². The molecule has 1 aliphatic heterocycles. The molecule has 0 bridgehead atoms. The first-order valence-electron chi connectivity index (χ1n) is 5.35. The van der Waals surface area contributed by atoms with Gasteiger partial charge in [-0.05, 0) is 32.0 Å². The van der Waals surface area contributed by atoms with Crippen LogP contribution in [-0.4, -0.2) is 22.6 Å². The van der Waals surface area contributed by atoms with Crippen LogP contribution in [0.15, 0.2) is 17.1 Å². The van der Waals surface area contributed by atoms with Crippen molar-refractivity contribution in [3.8, 4) is 0 Å². The monoisotopic (exact) mass is 247 g/mol. The van der Waals surface area contributed by atoms with E-state index >= 15 is 0 Å². The fourth-order valence-corrected chi connectivity index (χ4v) is 1.93. The van der Waals surface area contributed by atoms with Gasteiger partial charge in [0.25, 0.3) is 0 Å². The summed E-state index contributed by atoms with van der Waals surface area (Å²) in [5, 5.41) is 3.12. The van der Waals surface area contributed by atoms with Crippen molar-refractivity contribution in [3.63, 3.8) is 0 Å². The second-order valence-corrected chi connectivity index (χ2v) is 3.98. The summed E-state index contributed by atoms with van der Waals surface area (Å²) < 4.78 is 38.3. The maximum absolute atomic E-state index is 12.3. The highest BCUT2D eigenvalue weighted by molar-refractivity contribution is 5.04.